The molecule has 2 aliphatic heterocycles. The molecule has 8 nitrogen and oxygen atoms in total. The fraction of sp³-hybridized carbons (Fsp3) is 0.440. The van der Waals surface area contributed by atoms with E-state index in [1.807, 2.05) is 31.2 Å². The van der Waals surface area contributed by atoms with E-state index < -0.39 is 10.0 Å². The van der Waals surface area contributed by atoms with Gasteiger partial charge in [-0.05, 0) is 68.0 Å². The minimum atomic E-state index is -3.62. The highest BCUT2D eigenvalue weighted by Crippen LogP contribution is 2.33. The highest BCUT2D eigenvalue weighted by Gasteiger charge is 2.32. The number of benzene rings is 2. The Morgan fingerprint density at radius 2 is 1.82 bits per heavy atom. The topological polar surface area (TPSA) is 96.0 Å². The van der Waals surface area contributed by atoms with Crippen molar-refractivity contribution in [2.24, 2.45) is 5.92 Å². The third kappa shape index (κ3) is 5.10. The predicted molar refractivity (Wildman–Crippen MR) is 131 cm³/mol. The number of ether oxygens (including phenoxy) is 1. The van der Waals surface area contributed by atoms with Gasteiger partial charge in [-0.25, -0.2) is 8.42 Å². The zero-order chi connectivity index (χ0) is 24.3. The quantitative estimate of drug-likeness (QED) is 0.648. The van der Waals surface area contributed by atoms with Gasteiger partial charge in [-0.1, -0.05) is 12.1 Å². The second-order valence-corrected chi connectivity index (χ2v) is 10.7. The smallest absolute Gasteiger partial charge is 0.243 e. The van der Waals surface area contributed by atoms with Crippen LogP contribution in [0.4, 0.5) is 11.4 Å². The van der Waals surface area contributed by atoms with Crippen molar-refractivity contribution in [2.75, 3.05) is 36.5 Å². The van der Waals surface area contributed by atoms with E-state index in [0.29, 0.717) is 63.4 Å². The second kappa shape index (κ2) is 10.1. The molecule has 9 heteroatoms. The summed E-state index contributed by atoms with van der Waals surface area (Å²) in [6, 6.07) is 12.3. The molecule has 0 spiro atoms. The van der Waals surface area contributed by atoms with Crippen LogP contribution in [0.5, 0.6) is 5.75 Å². The van der Waals surface area contributed by atoms with Crippen molar-refractivity contribution in [1.29, 1.82) is 0 Å². The Morgan fingerprint density at radius 1 is 1.09 bits per heavy atom. The van der Waals surface area contributed by atoms with E-state index in [-0.39, 0.29) is 22.6 Å². The van der Waals surface area contributed by atoms with E-state index in [1.54, 1.807) is 23.1 Å². The summed E-state index contributed by atoms with van der Waals surface area (Å²) < 4.78 is 33.5. The van der Waals surface area contributed by atoms with Crippen LogP contribution in [0.3, 0.4) is 0 Å². The number of nitrogens with zero attached hydrogens (tertiary/aromatic N) is 2. The summed E-state index contributed by atoms with van der Waals surface area (Å²) in [5.41, 5.74) is 2.33. The van der Waals surface area contributed by atoms with Crippen molar-refractivity contribution >= 4 is 33.2 Å². The molecule has 182 valence electrons. The molecular weight excluding hydrogens is 454 g/mol. The van der Waals surface area contributed by atoms with E-state index in [2.05, 4.69) is 5.32 Å². The van der Waals surface area contributed by atoms with Gasteiger partial charge >= 0.3 is 0 Å². The minimum absolute atomic E-state index is 0.0400. The summed E-state index contributed by atoms with van der Waals surface area (Å²) in [7, 11) is -3.62. The molecule has 2 amide bonds. The largest absolute Gasteiger partial charge is 0.492 e. The molecule has 2 heterocycles. The van der Waals surface area contributed by atoms with Crippen LogP contribution < -0.4 is 15.0 Å². The number of sulfonamides is 1. The molecule has 34 heavy (non-hydrogen) atoms. The fourth-order valence-corrected chi connectivity index (χ4v) is 6.20. The first-order valence-electron chi connectivity index (χ1n) is 11.7. The number of carbonyl (C=O) groups excluding carboxylic acids is 2. The van der Waals surface area contributed by atoms with E-state index in [1.165, 1.54) is 11.2 Å². The molecule has 0 bridgehead atoms. The number of hydrogen-bond acceptors (Lipinski definition) is 5. The number of anilines is 2. The van der Waals surface area contributed by atoms with Crippen molar-refractivity contribution < 1.29 is 22.7 Å². The van der Waals surface area contributed by atoms with Gasteiger partial charge in [-0.2, -0.15) is 4.31 Å². The first kappa shape index (κ1) is 24.2. The normalized spacial score (nSPS) is 16.8. The van der Waals surface area contributed by atoms with Gasteiger partial charge in [0.2, 0.25) is 21.8 Å². The molecule has 1 fully saturated rings. The Bertz CT molecular complexity index is 1170. The second-order valence-electron chi connectivity index (χ2n) is 8.74. The van der Waals surface area contributed by atoms with Gasteiger partial charge < -0.3 is 15.0 Å². The molecular formula is C25H31N3O5S. The van der Waals surface area contributed by atoms with Gasteiger partial charge in [0.15, 0.2) is 0 Å². The summed E-state index contributed by atoms with van der Waals surface area (Å²) in [6.07, 6.45) is 2.25. The summed E-state index contributed by atoms with van der Waals surface area (Å²) in [6.45, 7) is 5.26. The van der Waals surface area contributed by atoms with Gasteiger partial charge in [0.05, 0.1) is 17.2 Å². The Balaban J connectivity index is 1.35. The maximum absolute atomic E-state index is 13.2. The first-order chi connectivity index (χ1) is 16.3. The summed E-state index contributed by atoms with van der Waals surface area (Å²) in [5, 5.41) is 2.92. The van der Waals surface area contributed by atoms with Gasteiger partial charge in [0, 0.05) is 38.7 Å². The lowest BCUT2D eigenvalue weighted by Gasteiger charge is -2.31. The number of rotatable bonds is 7. The molecule has 2 aliphatic rings. The summed E-state index contributed by atoms with van der Waals surface area (Å²) >= 11 is 0. The Morgan fingerprint density at radius 3 is 2.53 bits per heavy atom. The number of para-hydroxylation sites is 2. The molecule has 4 rings (SSSR count). The lowest BCUT2D eigenvalue weighted by molar-refractivity contribution is -0.117. The Hall–Kier alpha value is -2.91. The number of nitrogens with one attached hydrogen (secondary N) is 1. The van der Waals surface area contributed by atoms with Gasteiger partial charge in [-0.15, -0.1) is 0 Å². The van der Waals surface area contributed by atoms with Crippen molar-refractivity contribution in [2.45, 2.75) is 44.4 Å². The fourth-order valence-electron chi connectivity index (χ4n) is 4.68. The van der Waals surface area contributed by atoms with Crippen LogP contribution in [0.2, 0.25) is 0 Å². The molecule has 0 radical (unpaired) electrons. The van der Waals surface area contributed by atoms with Crippen LogP contribution in [-0.2, 0) is 26.0 Å². The average molecular weight is 486 g/mol. The van der Waals surface area contributed by atoms with Crippen LogP contribution in [-0.4, -0.2) is 50.8 Å². The Kier molecular flexibility index (Phi) is 7.23. The zero-order valence-electron chi connectivity index (χ0n) is 19.6. The number of hydrogen-bond donors (Lipinski definition) is 1. The molecule has 0 saturated carbocycles. The molecule has 2 aromatic carbocycles. The Labute approximate surface area is 200 Å². The van der Waals surface area contributed by atoms with E-state index >= 15 is 0 Å². The van der Waals surface area contributed by atoms with E-state index in [4.69, 9.17) is 4.74 Å². The molecule has 0 atom stereocenters. The predicted octanol–water partition coefficient (Wildman–Crippen LogP) is 3.42. The summed E-state index contributed by atoms with van der Waals surface area (Å²) in [5.74, 6) is 0.624. The lowest BCUT2D eigenvalue weighted by Crippen LogP contribution is -2.39. The van der Waals surface area contributed by atoms with Crippen molar-refractivity contribution in [3.05, 3.63) is 48.0 Å². The summed E-state index contributed by atoms with van der Waals surface area (Å²) in [4.78, 5) is 26.3. The third-order valence-corrected chi connectivity index (χ3v) is 8.37. The van der Waals surface area contributed by atoms with Crippen LogP contribution in [0, 0.1) is 5.92 Å². The number of piperidine rings is 1. The zero-order valence-corrected chi connectivity index (χ0v) is 20.4. The maximum atomic E-state index is 13.2. The van der Waals surface area contributed by atoms with Crippen LogP contribution in [0.25, 0.3) is 0 Å². The molecule has 1 N–H and O–H groups in total. The van der Waals surface area contributed by atoms with E-state index in [9.17, 15) is 18.0 Å². The maximum Gasteiger partial charge on any atom is 0.243 e. The molecule has 1 saturated heterocycles. The monoisotopic (exact) mass is 485 g/mol. The van der Waals surface area contributed by atoms with Crippen molar-refractivity contribution in [3.63, 3.8) is 0 Å². The lowest BCUT2D eigenvalue weighted by atomic mass is 9.94. The molecule has 0 aliphatic carbocycles. The highest BCUT2D eigenvalue weighted by molar-refractivity contribution is 7.89. The number of carbonyl (C=O) groups is 2. The van der Waals surface area contributed by atoms with E-state index in [0.717, 1.165) is 11.3 Å². The number of amides is 2. The van der Waals surface area contributed by atoms with Crippen molar-refractivity contribution in [3.8, 4) is 5.75 Å². The first-order valence-corrected chi connectivity index (χ1v) is 13.2. The third-order valence-electron chi connectivity index (χ3n) is 6.47. The highest BCUT2D eigenvalue weighted by atomic mass is 32.2. The molecule has 0 unspecified atom stereocenters. The number of fused-ring (bicyclic) bond motifs is 1. The van der Waals surface area contributed by atoms with Crippen LogP contribution >= 0.6 is 0 Å². The van der Waals surface area contributed by atoms with Crippen LogP contribution in [0.1, 0.15) is 38.7 Å². The van der Waals surface area contributed by atoms with Crippen molar-refractivity contribution in [1.82, 2.24) is 4.31 Å². The van der Waals surface area contributed by atoms with Gasteiger partial charge in [0.1, 0.15) is 5.75 Å². The standard InChI is InChI=1S/C25H31N3O5S/c1-3-33-24-7-5-4-6-22(24)26-25(30)16-19-10-13-27(14-11-19)34(31,32)21-8-9-23-20(17-21)12-15-28(23)18(2)29/h4-9,17,19H,3,10-16H2,1-2H3,(H,26,30). The molecule has 2 aromatic rings. The van der Waals surface area contributed by atoms with Crippen LogP contribution in [0.15, 0.2) is 47.4 Å². The molecule has 0 aromatic heterocycles. The van der Waals surface area contributed by atoms with Gasteiger partial charge in [0.25, 0.3) is 0 Å². The SMILES string of the molecule is CCOc1ccccc1NC(=O)CC1CCN(S(=O)(=O)c2ccc3c(c2)CCN3C(C)=O)CC1. The van der Waals surface area contributed by atoms with Gasteiger partial charge in [-0.3, -0.25) is 9.59 Å². The average Bonchev–Trinajstić information content (AvgIpc) is 3.24. The minimum Gasteiger partial charge on any atom is -0.492 e.